The minimum atomic E-state index is -0.0406. The Morgan fingerprint density at radius 1 is 1.14 bits per heavy atom. The number of nitrogens with one attached hydrogen (secondary N) is 1. The number of hydrazine groups is 1. The Morgan fingerprint density at radius 2 is 1.86 bits per heavy atom. The van der Waals surface area contributed by atoms with Crippen molar-refractivity contribution in [2.45, 2.75) is 32.4 Å². The maximum Gasteiger partial charge on any atom is 0.103 e. The van der Waals surface area contributed by atoms with Gasteiger partial charge in [-0.3, -0.25) is 11.3 Å². The normalized spacial score (nSPS) is 19.1. The summed E-state index contributed by atoms with van der Waals surface area (Å²) in [5, 5.41) is 0. The Bertz CT molecular complexity index is 619. The molecule has 0 aromatic heterocycles. The van der Waals surface area contributed by atoms with E-state index < -0.39 is 0 Å². The molecule has 1 heterocycles. The van der Waals surface area contributed by atoms with Crippen LogP contribution < -0.4 is 11.3 Å². The number of hydrogen-bond donors (Lipinski definition) is 2. The second-order valence-corrected chi connectivity index (χ2v) is 5.81. The van der Waals surface area contributed by atoms with Crippen LogP contribution in [0.15, 0.2) is 42.5 Å². The van der Waals surface area contributed by atoms with E-state index in [0.29, 0.717) is 0 Å². The minimum absolute atomic E-state index is 0.0370. The molecule has 21 heavy (non-hydrogen) atoms. The molecule has 3 heteroatoms. The van der Waals surface area contributed by atoms with Gasteiger partial charge in [-0.25, -0.2) is 0 Å². The number of fused-ring (bicyclic) bond motifs is 1. The first-order valence-electron chi connectivity index (χ1n) is 7.43. The number of aryl methyl sites for hydroxylation is 2. The van der Waals surface area contributed by atoms with Crippen LogP contribution in [0.2, 0.25) is 0 Å². The Labute approximate surface area is 126 Å². The fourth-order valence-electron chi connectivity index (χ4n) is 3.25. The summed E-state index contributed by atoms with van der Waals surface area (Å²) in [6, 6.07) is 15.0. The second-order valence-electron chi connectivity index (χ2n) is 5.81. The Balaban J connectivity index is 2.01. The molecular weight excluding hydrogens is 260 g/mol. The van der Waals surface area contributed by atoms with Gasteiger partial charge in [-0.05, 0) is 37.0 Å². The summed E-state index contributed by atoms with van der Waals surface area (Å²) < 4.78 is 6.05. The van der Waals surface area contributed by atoms with Gasteiger partial charge >= 0.3 is 0 Å². The van der Waals surface area contributed by atoms with E-state index in [1.807, 2.05) is 0 Å². The average Bonchev–Trinajstić information content (AvgIpc) is 2.47. The third-order valence-electron chi connectivity index (χ3n) is 4.12. The lowest BCUT2D eigenvalue weighted by Gasteiger charge is -2.32. The Kier molecular flexibility index (Phi) is 4.06. The standard InChI is InChI=1S/C18H22N2O/c1-12-9-13(2)11-15(10-12)17(20-19)18-16-6-4-3-5-14(16)7-8-21-18/h3-6,9-11,17-18,20H,7-8,19H2,1-2H3. The molecule has 3 N–H and O–H groups in total. The van der Waals surface area contributed by atoms with Crippen LogP contribution in [0.5, 0.6) is 0 Å². The quantitative estimate of drug-likeness (QED) is 0.671. The van der Waals surface area contributed by atoms with Gasteiger partial charge in [-0.2, -0.15) is 0 Å². The van der Waals surface area contributed by atoms with Gasteiger partial charge in [0.2, 0.25) is 0 Å². The molecule has 2 unspecified atom stereocenters. The summed E-state index contributed by atoms with van der Waals surface area (Å²) in [4.78, 5) is 0. The topological polar surface area (TPSA) is 47.3 Å². The van der Waals surface area contributed by atoms with Crippen molar-refractivity contribution in [1.29, 1.82) is 0 Å². The van der Waals surface area contributed by atoms with Gasteiger partial charge in [0.05, 0.1) is 12.6 Å². The van der Waals surface area contributed by atoms with E-state index >= 15 is 0 Å². The van der Waals surface area contributed by atoms with Crippen LogP contribution >= 0.6 is 0 Å². The monoisotopic (exact) mass is 282 g/mol. The largest absolute Gasteiger partial charge is 0.371 e. The lowest BCUT2D eigenvalue weighted by Crippen LogP contribution is -2.35. The second kappa shape index (κ2) is 5.98. The Morgan fingerprint density at radius 3 is 2.57 bits per heavy atom. The molecule has 0 radical (unpaired) electrons. The van der Waals surface area contributed by atoms with Crippen molar-refractivity contribution in [3.8, 4) is 0 Å². The summed E-state index contributed by atoms with van der Waals surface area (Å²) in [5.74, 6) is 5.86. The molecule has 3 rings (SSSR count). The first kappa shape index (κ1) is 14.3. The Hall–Kier alpha value is -1.68. The van der Waals surface area contributed by atoms with Gasteiger partial charge in [0.25, 0.3) is 0 Å². The maximum absolute atomic E-state index is 6.05. The molecule has 0 bridgehead atoms. The SMILES string of the molecule is Cc1cc(C)cc(C(NN)C2OCCc3ccccc32)c1. The predicted octanol–water partition coefficient (Wildman–Crippen LogP) is 3.12. The highest BCUT2D eigenvalue weighted by Crippen LogP contribution is 2.37. The van der Waals surface area contributed by atoms with Gasteiger partial charge < -0.3 is 4.74 Å². The summed E-state index contributed by atoms with van der Waals surface area (Å²) in [6.45, 7) is 4.96. The first-order chi connectivity index (χ1) is 10.2. The zero-order chi connectivity index (χ0) is 14.8. The van der Waals surface area contributed by atoms with E-state index in [9.17, 15) is 0 Å². The van der Waals surface area contributed by atoms with Crippen LogP contribution in [-0.4, -0.2) is 6.61 Å². The van der Waals surface area contributed by atoms with E-state index in [1.165, 1.54) is 27.8 Å². The van der Waals surface area contributed by atoms with Crippen molar-refractivity contribution in [3.63, 3.8) is 0 Å². The van der Waals surface area contributed by atoms with Crippen LogP contribution in [0.1, 0.15) is 40.0 Å². The molecule has 2 atom stereocenters. The fraction of sp³-hybridized carbons (Fsp3) is 0.333. The molecule has 0 saturated carbocycles. The van der Waals surface area contributed by atoms with E-state index in [2.05, 4.69) is 61.7 Å². The van der Waals surface area contributed by atoms with Crippen molar-refractivity contribution >= 4 is 0 Å². The zero-order valence-electron chi connectivity index (χ0n) is 12.6. The third kappa shape index (κ3) is 2.86. The summed E-state index contributed by atoms with van der Waals surface area (Å²) in [6.07, 6.45) is 0.928. The maximum atomic E-state index is 6.05. The summed E-state index contributed by atoms with van der Waals surface area (Å²) >= 11 is 0. The van der Waals surface area contributed by atoms with Crippen LogP contribution in [0.3, 0.4) is 0 Å². The lowest BCUT2D eigenvalue weighted by molar-refractivity contribution is 0.0147. The summed E-state index contributed by atoms with van der Waals surface area (Å²) in [5.41, 5.74) is 9.23. The van der Waals surface area contributed by atoms with Gasteiger partial charge in [0, 0.05) is 0 Å². The smallest absolute Gasteiger partial charge is 0.103 e. The number of benzene rings is 2. The molecule has 3 nitrogen and oxygen atoms in total. The van der Waals surface area contributed by atoms with E-state index in [4.69, 9.17) is 10.6 Å². The van der Waals surface area contributed by atoms with Crippen LogP contribution in [0.4, 0.5) is 0 Å². The van der Waals surface area contributed by atoms with E-state index in [1.54, 1.807) is 0 Å². The third-order valence-corrected chi connectivity index (χ3v) is 4.12. The van der Waals surface area contributed by atoms with Crippen molar-refractivity contribution in [3.05, 3.63) is 70.3 Å². The van der Waals surface area contributed by atoms with Crippen molar-refractivity contribution in [1.82, 2.24) is 5.43 Å². The first-order valence-corrected chi connectivity index (χ1v) is 7.43. The minimum Gasteiger partial charge on any atom is -0.371 e. The molecule has 1 aliphatic rings. The van der Waals surface area contributed by atoms with E-state index in [0.717, 1.165) is 13.0 Å². The van der Waals surface area contributed by atoms with Crippen molar-refractivity contribution in [2.75, 3.05) is 6.61 Å². The fourth-order valence-corrected chi connectivity index (χ4v) is 3.25. The average molecular weight is 282 g/mol. The molecule has 0 fully saturated rings. The van der Waals surface area contributed by atoms with Crippen LogP contribution in [-0.2, 0) is 11.2 Å². The highest BCUT2D eigenvalue weighted by molar-refractivity contribution is 5.36. The zero-order valence-corrected chi connectivity index (χ0v) is 12.6. The number of hydrogen-bond acceptors (Lipinski definition) is 3. The van der Waals surface area contributed by atoms with Gasteiger partial charge in [0.1, 0.15) is 6.10 Å². The number of ether oxygens (including phenoxy) is 1. The lowest BCUT2D eigenvalue weighted by atomic mass is 9.89. The van der Waals surface area contributed by atoms with Crippen molar-refractivity contribution in [2.24, 2.45) is 5.84 Å². The molecule has 110 valence electrons. The van der Waals surface area contributed by atoms with Crippen molar-refractivity contribution < 1.29 is 4.74 Å². The molecule has 0 spiro atoms. The highest BCUT2D eigenvalue weighted by Gasteiger charge is 2.29. The molecular formula is C18H22N2O. The number of nitrogens with two attached hydrogens (primary N) is 1. The van der Waals surface area contributed by atoms with Crippen LogP contribution in [0, 0.1) is 13.8 Å². The summed E-state index contributed by atoms with van der Waals surface area (Å²) in [7, 11) is 0. The van der Waals surface area contributed by atoms with Gasteiger partial charge in [0.15, 0.2) is 0 Å². The molecule has 2 aromatic rings. The van der Waals surface area contributed by atoms with E-state index in [-0.39, 0.29) is 12.1 Å². The predicted molar refractivity (Wildman–Crippen MR) is 84.8 cm³/mol. The molecule has 0 aliphatic carbocycles. The number of rotatable bonds is 3. The molecule has 2 aromatic carbocycles. The van der Waals surface area contributed by atoms with Gasteiger partial charge in [-0.15, -0.1) is 0 Å². The van der Waals surface area contributed by atoms with Crippen LogP contribution in [0.25, 0.3) is 0 Å². The highest BCUT2D eigenvalue weighted by atomic mass is 16.5. The van der Waals surface area contributed by atoms with Gasteiger partial charge in [-0.1, -0.05) is 53.6 Å². The molecule has 0 saturated heterocycles. The molecule has 1 aliphatic heterocycles. The molecule has 0 amide bonds.